The fourth-order valence-corrected chi connectivity index (χ4v) is 1.36. The van der Waals surface area contributed by atoms with Crippen LogP contribution < -0.4 is 5.32 Å². The molecule has 0 spiro atoms. The van der Waals surface area contributed by atoms with Crippen LogP contribution >= 0.6 is 11.8 Å². The first-order valence-corrected chi connectivity index (χ1v) is 5.55. The van der Waals surface area contributed by atoms with Crippen molar-refractivity contribution in [1.82, 2.24) is 15.5 Å². The number of terminal acetylenes is 1. The van der Waals surface area contributed by atoms with Crippen molar-refractivity contribution in [2.75, 3.05) is 12.3 Å². The third kappa shape index (κ3) is 3.81. The van der Waals surface area contributed by atoms with Gasteiger partial charge in [0.1, 0.15) is 0 Å². The van der Waals surface area contributed by atoms with Gasteiger partial charge in [0.05, 0.1) is 18.8 Å². The highest BCUT2D eigenvalue weighted by molar-refractivity contribution is 7.98. The van der Waals surface area contributed by atoms with E-state index in [-0.39, 0.29) is 0 Å². The van der Waals surface area contributed by atoms with E-state index in [1.54, 1.807) is 11.8 Å². The van der Waals surface area contributed by atoms with Gasteiger partial charge >= 0.3 is 0 Å². The molecule has 1 aromatic rings. The largest absolute Gasteiger partial charge is 0.338 e. The van der Waals surface area contributed by atoms with Gasteiger partial charge in [-0.3, -0.25) is 5.32 Å². The first kappa shape index (κ1) is 11.1. The smallest absolute Gasteiger partial charge is 0.240 e. The molecule has 0 atom stereocenters. The van der Waals surface area contributed by atoms with E-state index in [2.05, 4.69) is 28.3 Å². The molecule has 0 amide bonds. The maximum atomic E-state index is 5.08. The van der Waals surface area contributed by atoms with Gasteiger partial charge in [-0.25, -0.2) is 0 Å². The fraction of sp³-hybridized carbons (Fsp3) is 0.556. The van der Waals surface area contributed by atoms with E-state index >= 15 is 0 Å². The quantitative estimate of drug-likeness (QED) is 0.563. The molecule has 4 nitrogen and oxygen atoms in total. The maximum Gasteiger partial charge on any atom is 0.240 e. The van der Waals surface area contributed by atoms with E-state index in [1.807, 2.05) is 0 Å². The third-order valence-electron chi connectivity index (χ3n) is 1.45. The lowest BCUT2D eigenvalue weighted by molar-refractivity contribution is 0.367. The van der Waals surface area contributed by atoms with Gasteiger partial charge in [-0.15, -0.1) is 6.42 Å². The lowest BCUT2D eigenvalue weighted by Gasteiger charge is -1.92. The zero-order valence-electron chi connectivity index (χ0n) is 8.12. The molecule has 5 heteroatoms. The molecule has 0 aliphatic rings. The Labute approximate surface area is 87.8 Å². The summed E-state index contributed by atoms with van der Waals surface area (Å²) in [6.45, 7) is 3.15. The summed E-state index contributed by atoms with van der Waals surface area (Å²) in [6.07, 6.45) is 5.08. The van der Waals surface area contributed by atoms with Crippen molar-refractivity contribution in [3.63, 3.8) is 0 Å². The van der Waals surface area contributed by atoms with Gasteiger partial charge < -0.3 is 4.52 Å². The van der Waals surface area contributed by atoms with Crippen LogP contribution in [0.25, 0.3) is 0 Å². The molecule has 76 valence electrons. The van der Waals surface area contributed by atoms with Crippen LogP contribution in [0.15, 0.2) is 4.52 Å². The van der Waals surface area contributed by atoms with Gasteiger partial charge in [-0.2, -0.15) is 16.7 Å². The van der Waals surface area contributed by atoms with Gasteiger partial charge in [0.15, 0.2) is 5.82 Å². The zero-order valence-corrected chi connectivity index (χ0v) is 8.93. The molecule has 14 heavy (non-hydrogen) atoms. The Bertz CT molecular complexity index is 305. The number of aromatic nitrogens is 2. The Morgan fingerprint density at radius 1 is 1.64 bits per heavy atom. The number of nitrogens with zero attached hydrogens (tertiary/aromatic N) is 2. The molecule has 1 heterocycles. The number of hydrogen-bond acceptors (Lipinski definition) is 5. The molecule has 1 rings (SSSR count). The van der Waals surface area contributed by atoms with Crippen molar-refractivity contribution < 1.29 is 4.52 Å². The molecule has 1 N–H and O–H groups in total. The molecule has 0 radical (unpaired) electrons. The van der Waals surface area contributed by atoms with Crippen LogP contribution in [-0.2, 0) is 12.3 Å². The highest BCUT2D eigenvalue weighted by Crippen LogP contribution is 2.08. The van der Waals surface area contributed by atoms with Crippen LogP contribution in [0.4, 0.5) is 0 Å². The van der Waals surface area contributed by atoms with Crippen LogP contribution in [0.5, 0.6) is 0 Å². The zero-order chi connectivity index (χ0) is 10.2. The van der Waals surface area contributed by atoms with Crippen LogP contribution in [0.2, 0.25) is 0 Å². The molecule has 0 aromatic carbocycles. The SMILES string of the molecule is C#CCNCc1nc(CSCC)no1. The van der Waals surface area contributed by atoms with Crippen molar-refractivity contribution in [3.05, 3.63) is 11.7 Å². The van der Waals surface area contributed by atoms with Gasteiger partial charge in [-0.1, -0.05) is 18.0 Å². The molecule has 0 saturated heterocycles. The van der Waals surface area contributed by atoms with Crippen LogP contribution in [0.3, 0.4) is 0 Å². The molecule has 0 aliphatic heterocycles. The van der Waals surface area contributed by atoms with Crippen molar-refractivity contribution >= 4 is 11.8 Å². The predicted molar refractivity (Wildman–Crippen MR) is 56.7 cm³/mol. The van der Waals surface area contributed by atoms with Gasteiger partial charge in [-0.05, 0) is 5.75 Å². The molecule has 0 aliphatic carbocycles. The van der Waals surface area contributed by atoms with Crippen molar-refractivity contribution in [2.45, 2.75) is 19.2 Å². The summed E-state index contributed by atoms with van der Waals surface area (Å²) in [7, 11) is 0. The minimum atomic E-state index is 0.515. The number of nitrogens with one attached hydrogen (secondary N) is 1. The Morgan fingerprint density at radius 2 is 2.50 bits per heavy atom. The molecular weight excluding hydrogens is 198 g/mol. The minimum Gasteiger partial charge on any atom is -0.338 e. The fourth-order valence-electron chi connectivity index (χ4n) is 0.856. The second-order valence-corrected chi connectivity index (χ2v) is 3.82. The van der Waals surface area contributed by atoms with E-state index in [9.17, 15) is 0 Å². The summed E-state index contributed by atoms with van der Waals surface area (Å²) in [6, 6.07) is 0. The highest BCUT2D eigenvalue weighted by atomic mass is 32.2. The third-order valence-corrected chi connectivity index (χ3v) is 2.32. The van der Waals surface area contributed by atoms with E-state index < -0.39 is 0 Å². The number of rotatable bonds is 6. The summed E-state index contributed by atoms with van der Waals surface area (Å²) in [5, 5.41) is 6.82. The van der Waals surface area contributed by atoms with E-state index in [1.165, 1.54) is 0 Å². The molecule has 0 unspecified atom stereocenters. The lowest BCUT2D eigenvalue weighted by atomic mass is 10.6. The summed E-state index contributed by atoms with van der Waals surface area (Å²) < 4.78 is 5.00. The second-order valence-electron chi connectivity index (χ2n) is 2.55. The maximum absolute atomic E-state index is 5.08. The summed E-state index contributed by atoms with van der Waals surface area (Å²) in [5.74, 6) is 5.66. The molecule has 0 fully saturated rings. The topological polar surface area (TPSA) is 51.0 Å². The van der Waals surface area contributed by atoms with Gasteiger partial charge in [0, 0.05) is 0 Å². The monoisotopic (exact) mass is 211 g/mol. The Hall–Kier alpha value is -0.990. The Morgan fingerprint density at radius 3 is 3.21 bits per heavy atom. The van der Waals surface area contributed by atoms with Crippen molar-refractivity contribution in [3.8, 4) is 12.3 Å². The summed E-state index contributed by atoms with van der Waals surface area (Å²) in [4.78, 5) is 4.19. The normalized spacial score (nSPS) is 10.0. The number of hydrogen-bond donors (Lipinski definition) is 1. The second kappa shape index (κ2) is 6.46. The standard InChI is InChI=1S/C9H13N3OS/c1-3-5-10-6-9-11-8(12-13-9)7-14-4-2/h1,10H,4-7H2,2H3. The summed E-state index contributed by atoms with van der Waals surface area (Å²) >= 11 is 1.77. The van der Waals surface area contributed by atoms with Crippen molar-refractivity contribution in [2.24, 2.45) is 0 Å². The minimum absolute atomic E-state index is 0.515. The van der Waals surface area contributed by atoms with Gasteiger partial charge in [0.25, 0.3) is 0 Å². The van der Waals surface area contributed by atoms with E-state index in [0.29, 0.717) is 19.0 Å². The average Bonchev–Trinajstić information content (AvgIpc) is 2.63. The Balaban J connectivity index is 2.32. The molecule has 0 saturated carbocycles. The van der Waals surface area contributed by atoms with Gasteiger partial charge in [0.2, 0.25) is 5.89 Å². The molecular formula is C9H13N3OS. The summed E-state index contributed by atoms with van der Waals surface area (Å²) in [5.41, 5.74) is 0. The Kier molecular flexibility index (Phi) is 5.12. The van der Waals surface area contributed by atoms with Crippen molar-refractivity contribution in [1.29, 1.82) is 0 Å². The predicted octanol–water partition coefficient (Wildman–Crippen LogP) is 1.05. The van der Waals surface area contributed by atoms with Crippen LogP contribution in [0, 0.1) is 12.3 Å². The molecule has 1 aromatic heterocycles. The highest BCUT2D eigenvalue weighted by Gasteiger charge is 2.04. The van der Waals surface area contributed by atoms with Crippen LogP contribution in [-0.4, -0.2) is 22.4 Å². The average molecular weight is 211 g/mol. The first-order valence-electron chi connectivity index (χ1n) is 4.40. The van der Waals surface area contributed by atoms with Crippen LogP contribution in [0.1, 0.15) is 18.6 Å². The van der Waals surface area contributed by atoms with E-state index in [0.717, 1.165) is 17.3 Å². The lowest BCUT2D eigenvalue weighted by Crippen LogP contribution is -2.13. The number of thioether (sulfide) groups is 1. The molecule has 0 bridgehead atoms. The first-order chi connectivity index (χ1) is 6.86. The van der Waals surface area contributed by atoms with E-state index in [4.69, 9.17) is 10.9 Å².